The number of aromatic nitrogens is 2. The number of carbonyl (C=O) groups is 1. The Morgan fingerprint density at radius 2 is 2.00 bits per heavy atom. The van der Waals surface area contributed by atoms with E-state index in [1.54, 1.807) is 24.3 Å². The number of thiophene rings is 1. The number of aryl methyl sites for hydroxylation is 1. The molecule has 2 N–H and O–H groups in total. The Kier molecular flexibility index (Phi) is 5.09. The largest absolute Gasteiger partial charge is 0.478 e. The predicted octanol–water partition coefficient (Wildman–Crippen LogP) is 4.82. The van der Waals surface area contributed by atoms with Gasteiger partial charge in [0.2, 0.25) is 0 Å². The van der Waals surface area contributed by atoms with Gasteiger partial charge in [0.25, 0.3) is 0 Å². The summed E-state index contributed by atoms with van der Waals surface area (Å²) in [5, 5.41) is 11.9. The van der Waals surface area contributed by atoms with Gasteiger partial charge in [-0.05, 0) is 49.7 Å². The molecule has 0 unspecified atom stereocenters. The van der Waals surface area contributed by atoms with Crippen LogP contribution in [0.4, 0.5) is 15.9 Å². The molecule has 0 amide bonds. The lowest BCUT2D eigenvalue weighted by atomic mass is 10.1. The van der Waals surface area contributed by atoms with Gasteiger partial charge in [0, 0.05) is 16.9 Å². The van der Waals surface area contributed by atoms with Crippen LogP contribution in [0, 0.1) is 12.1 Å². The van der Waals surface area contributed by atoms with Gasteiger partial charge in [0.05, 0.1) is 10.4 Å². The van der Waals surface area contributed by atoms with Gasteiger partial charge in [-0.25, -0.2) is 14.8 Å². The Balaban J connectivity index is 2.01. The quantitative estimate of drug-likeness (QED) is 0.609. The van der Waals surface area contributed by atoms with Crippen molar-refractivity contribution in [3.63, 3.8) is 0 Å². The molecule has 0 aliphatic carbocycles. The predicted molar refractivity (Wildman–Crippen MR) is 101 cm³/mol. The lowest BCUT2D eigenvalue weighted by Crippen LogP contribution is -2.05. The molecule has 0 fully saturated rings. The number of hydrogen-bond acceptors (Lipinski definition) is 5. The zero-order valence-electron chi connectivity index (χ0n) is 14.0. The van der Waals surface area contributed by atoms with E-state index >= 15 is 0 Å². The summed E-state index contributed by atoms with van der Waals surface area (Å²) in [6, 6.07) is 9.40. The highest BCUT2D eigenvalue weighted by Gasteiger charge is 2.14. The number of carboxylic acids is 1. The molecule has 132 valence electrons. The van der Waals surface area contributed by atoms with Gasteiger partial charge in [-0.2, -0.15) is 4.39 Å². The monoisotopic (exact) mass is 369 g/mol. The third-order valence-corrected chi connectivity index (χ3v) is 4.62. The van der Waals surface area contributed by atoms with Crippen molar-refractivity contribution in [3.05, 3.63) is 71.0 Å². The van der Waals surface area contributed by atoms with Crippen LogP contribution >= 0.6 is 11.3 Å². The van der Waals surface area contributed by atoms with E-state index in [0.29, 0.717) is 28.6 Å². The van der Waals surface area contributed by atoms with Gasteiger partial charge in [-0.1, -0.05) is 6.08 Å². The van der Waals surface area contributed by atoms with Crippen molar-refractivity contribution in [3.8, 4) is 10.7 Å². The van der Waals surface area contributed by atoms with Crippen LogP contribution in [0.3, 0.4) is 0 Å². The summed E-state index contributed by atoms with van der Waals surface area (Å²) in [5.74, 6) is 0.0435. The standard InChI is InChI=1S/C19H16FN3O2S/c1-3-4-14-11(2)21-18(15-9-10-16(20)26-15)23-17(14)22-13-7-5-12(6-8-13)19(24)25/h3,5-10H,1,4H2,2H3,(H,24,25)(H,21,22,23). The fourth-order valence-electron chi connectivity index (χ4n) is 2.47. The Morgan fingerprint density at radius 3 is 2.58 bits per heavy atom. The van der Waals surface area contributed by atoms with Crippen LogP contribution < -0.4 is 5.32 Å². The second-order valence-electron chi connectivity index (χ2n) is 5.56. The van der Waals surface area contributed by atoms with E-state index < -0.39 is 5.97 Å². The Morgan fingerprint density at radius 1 is 1.27 bits per heavy atom. The van der Waals surface area contributed by atoms with Gasteiger partial charge in [-0.3, -0.25) is 0 Å². The molecular formula is C19H16FN3O2S. The molecule has 0 spiro atoms. The van der Waals surface area contributed by atoms with Crippen molar-refractivity contribution in [1.29, 1.82) is 0 Å². The molecule has 3 aromatic rings. The first-order valence-electron chi connectivity index (χ1n) is 7.82. The first-order chi connectivity index (χ1) is 12.5. The Hall–Kier alpha value is -3.06. The van der Waals surface area contributed by atoms with E-state index in [1.807, 2.05) is 6.92 Å². The zero-order chi connectivity index (χ0) is 18.7. The number of nitrogens with zero attached hydrogens (tertiary/aromatic N) is 2. The molecular weight excluding hydrogens is 353 g/mol. The summed E-state index contributed by atoms with van der Waals surface area (Å²) in [6.07, 6.45) is 2.33. The number of benzene rings is 1. The maximum atomic E-state index is 13.3. The van der Waals surface area contributed by atoms with E-state index in [2.05, 4.69) is 21.9 Å². The van der Waals surface area contributed by atoms with Crippen LogP contribution in [0.15, 0.2) is 49.1 Å². The molecule has 0 radical (unpaired) electrons. The summed E-state index contributed by atoms with van der Waals surface area (Å²) in [7, 11) is 0. The van der Waals surface area contributed by atoms with Crippen molar-refractivity contribution < 1.29 is 14.3 Å². The van der Waals surface area contributed by atoms with Crippen LogP contribution in [0.2, 0.25) is 0 Å². The topological polar surface area (TPSA) is 75.1 Å². The second-order valence-corrected chi connectivity index (χ2v) is 6.60. The van der Waals surface area contributed by atoms with Crippen molar-refractivity contribution in [1.82, 2.24) is 9.97 Å². The number of carboxylic acid groups (broad SMARTS) is 1. The van der Waals surface area contributed by atoms with Crippen LogP contribution in [-0.2, 0) is 6.42 Å². The minimum absolute atomic E-state index is 0.204. The summed E-state index contributed by atoms with van der Waals surface area (Å²) >= 11 is 0.984. The summed E-state index contributed by atoms with van der Waals surface area (Å²) < 4.78 is 13.3. The van der Waals surface area contributed by atoms with Crippen molar-refractivity contribution in [2.75, 3.05) is 5.32 Å². The number of hydrogen-bond donors (Lipinski definition) is 2. The maximum Gasteiger partial charge on any atom is 0.335 e. The highest BCUT2D eigenvalue weighted by molar-refractivity contribution is 7.13. The first kappa shape index (κ1) is 17.8. The number of anilines is 2. The minimum atomic E-state index is -0.983. The smallest absolute Gasteiger partial charge is 0.335 e. The molecule has 0 aliphatic rings. The normalized spacial score (nSPS) is 10.5. The molecule has 2 heterocycles. The molecule has 0 bridgehead atoms. The van der Waals surface area contributed by atoms with Crippen molar-refractivity contribution in [2.24, 2.45) is 0 Å². The zero-order valence-corrected chi connectivity index (χ0v) is 14.8. The molecule has 3 rings (SSSR count). The van der Waals surface area contributed by atoms with E-state index in [0.717, 1.165) is 22.6 Å². The fraction of sp³-hybridized carbons (Fsp3) is 0.105. The van der Waals surface area contributed by atoms with Crippen LogP contribution in [0.25, 0.3) is 10.7 Å². The van der Waals surface area contributed by atoms with Crippen LogP contribution in [-0.4, -0.2) is 21.0 Å². The molecule has 2 aromatic heterocycles. The third-order valence-electron chi connectivity index (χ3n) is 3.75. The second kappa shape index (κ2) is 7.45. The molecule has 0 aliphatic heterocycles. The van der Waals surface area contributed by atoms with E-state index in [4.69, 9.17) is 5.11 Å². The fourth-order valence-corrected chi connectivity index (χ4v) is 3.13. The lowest BCUT2D eigenvalue weighted by Gasteiger charge is -2.14. The SMILES string of the molecule is C=CCc1c(C)nc(-c2ccc(F)s2)nc1Nc1ccc(C(=O)O)cc1. The molecule has 5 nitrogen and oxygen atoms in total. The number of rotatable bonds is 6. The molecule has 1 aromatic carbocycles. The lowest BCUT2D eigenvalue weighted by molar-refractivity contribution is 0.0697. The number of halogens is 1. The van der Waals surface area contributed by atoms with E-state index in [1.165, 1.54) is 18.2 Å². The third kappa shape index (κ3) is 3.78. The highest BCUT2D eigenvalue weighted by atomic mass is 32.1. The van der Waals surface area contributed by atoms with Crippen LogP contribution in [0.1, 0.15) is 21.6 Å². The van der Waals surface area contributed by atoms with Crippen LogP contribution in [0.5, 0.6) is 0 Å². The Labute approximate surface area is 153 Å². The van der Waals surface area contributed by atoms with Gasteiger partial charge >= 0.3 is 5.97 Å². The average molecular weight is 369 g/mol. The van der Waals surface area contributed by atoms with Gasteiger partial charge < -0.3 is 10.4 Å². The summed E-state index contributed by atoms with van der Waals surface area (Å²) in [5.41, 5.74) is 2.55. The van der Waals surface area contributed by atoms with Gasteiger partial charge in [0.1, 0.15) is 5.82 Å². The van der Waals surface area contributed by atoms with E-state index in [-0.39, 0.29) is 10.7 Å². The molecule has 0 saturated heterocycles. The molecule has 7 heteroatoms. The molecule has 0 saturated carbocycles. The first-order valence-corrected chi connectivity index (χ1v) is 8.64. The number of aromatic carboxylic acids is 1. The van der Waals surface area contributed by atoms with E-state index in [9.17, 15) is 9.18 Å². The minimum Gasteiger partial charge on any atom is -0.478 e. The Bertz CT molecular complexity index is 967. The molecule has 0 atom stereocenters. The van der Waals surface area contributed by atoms with Gasteiger partial charge in [0.15, 0.2) is 11.0 Å². The van der Waals surface area contributed by atoms with Crippen molar-refractivity contribution >= 4 is 28.8 Å². The summed E-state index contributed by atoms with van der Waals surface area (Å²) in [4.78, 5) is 20.6. The van der Waals surface area contributed by atoms with Crippen molar-refractivity contribution in [2.45, 2.75) is 13.3 Å². The molecule has 26 heavy (non-hydrogen) atoms. The number of nitrogens with one attached hydrogen (secondary N) is 1. The average Bonchev–Trinajstić information content (AvgIpc) is 3.04. The highest BCUT2D eigenvalue weighted by Crippen LogP contribution is 2.29. The maximum absolute atomic E-state index is 13.3. The summed E-state index contributed by atoms with van der Waals surface area (Å²) in [6.45, 7) is 5.63. The number of allylic oxidation sites excluding steroid dienone is 1. The van der Waals surface area contributed by atoms with Gasteiger partial charge in [-0.15, -0.1) is 17.9 Å².